The minimum atomic E-state index is 0. The van der Waals surface area contributed by atoms with Crippen LogP contribution in [0.4, 0.5) is 0 Å². The van der Waals surface area contributed by atoms with E-state index < -0.39 is 0 Å². The van der Waals surface area contributed by atoms with Gasteiger partial charge in [-0.15, -0.1) is 0 Å². The predicted octanol–water partition coefficient (Wildman–Crippen LogP) is -3.75. The SMILES string of the molecule is O.[Br-].[CH3-].[Mg+2]. The Morgan fingerprint density at radius 1 is 1.00 bits per heavy atom. The molecule has 0 unspecified atom stereocenters. The van der Waals surface area contributed by atoms with Crippen LogP contribution in [0.2, 0.25) is 0 Å². The van der Waals surface area contributed by atoms with E-state index in [1.54, 1.807) is 0 Å². The van der Waals surface area contributed by atoms with Crippen molar-refractivity contribution in [1.29, 1.82) is 0 Å². The summed E-state index contributed by atoms with van der Waals surface area (Å²) in [6.07, 6.45) is 0. The average Bonchev–Trinajstić information content (AvgIpc) is 0. The smallest absolute Gasteiger partial charge is 1.00 e. The van der Waals surface area contributed by atoms with Crippen LogP contribution in [0, 0.1) is 7.43 Å². The van der Waals surface area contributed by atoms with Crippen molar-refractivity contribution in [3.8, 4) is 0 Å². The molecule has 0 aromatic carbocycles. The van der Waals surface area contributed by atoms with Crippen LogP contribution in [-0.2, 0) is 0 Å². The average molecular weight is 137 g/mol. The van der Waals surface area contributed by atoms with Gasteiger partial charge in [-0.3, -0.25) is 0 Å². The first-order valence-electron chi connectivity index (χ1n) is 0. The monoisotopic (exact) mass is 136 g/mol. The fourth-order valence-corrected chi connectivity index (χ4v) is 0. The molecule has 0 saturated carbocycles. The third-order valence-electron chi connectivity index (χ3n) is 0. The van der Waals surface area contributed by atoms with Crippen molar-refractivity contribution in [3.63, 3.8) is 0 Å². The minimum absolute atomic E-state index is 0. The molecule has 0 radical (unpaired) electrons. The van der Waals surface area contributed by atoms with Crippen molar-refractivity contribution < 1.29 is 22.5 Å². The molecule has 1 nitrogen and oxygen atoms in total. The van der Waals surface area contributed by atoms with E-state index in [9.17, 15) is 0 Å². The number of halogens is 1. The molecule has 0 aromatic heterocycles. The van der Waals surface area contributed by atoms with Gasteiger partial charge in [0.2, 0.25) is 0 Å². The van der Waals surface area contributed by atoms with Crippen LogP contribution < -0.4 is 17.0 Å². The quantitative estimate of drug-likeness (QED) is 0.243. The maximum Gasteiger partial charge on any atom is 2.00 e. The molecule has 2 N–H and O–H groups in total. The minimum Gasteiger partial charge on any atom is -1.00 e. The van der Waals surface area contributed by atoms with Crippen LogP contribution in [0.15, 0.2) is 0 Å². The molecule has 0 fully saturated rings. The van der Waals surface area contributed by atoms with E-state index in [2.05, 4.69) is 0 Å². The van der Waals surface area contributed by atoms with Crippen LogP contribution in [0.25, 0.3) is 0 Å². The second-order valence-electron chi connectivity index (χ2n) is 0. The second kappa shape index (κ2) is 29.7. The van der Waals surface area contributed by atoms with E-state index in [1.807, 2.05) is 0 Å². The Hall–Kier alpha value is 1.21. The molecule has 0 rings (SSSR count). The third-order valence-corrected chi connectivity index (χ3v) is 0. The summed E-state index contributed by atoms with van der Waals surface area (Å²) >= 11 is 0. The maximum absolute atomic E-state index is 0. The summed E-state index contributed by atoms with van der Waals surface area (Å²) in [5.74, 6) is 0. The Bertz CT molecular complexity index is 8.00. The fraction of sp³-hybridized carbons (Fsp3) is 0. The van der Waals surface area contributed by atoms with Crippen LogP contribution in [0.5, 0.6) is 0 Å². The fourth-order valence-electron chi connectivity index (χ4n) is 0. The van der Waals surface area contributed by atoms with Gasteiger partial charge < -0.3 is 29.9 Å². The van der Waals surface area contributed by atoms with Crippen molar-refractivity contribution in [1.82, 2.24) is 0 Å². The van der Waals surface area contributed by atoms with E-state index in [0.29, 0.717) is 0 Å². The predicted molar refractivity (Wildman–Crippen MR) is 15.8 cm³/mol. The largest absolute Gasteiger partial charge is 2.00 e. The van der Waals surface area contributed by atoms with E-state index >= 15 is 0 Å². The summed E-state index contributed by atoms with van der Waals surface area (Å²) in [7, 11) is 0. The molecule has 0 saturated heterocycles. The molecule has 24 valence electrons. The molecule has 0 amide bonds. The zero-order valence-corrected chi connectivity index (χ0v) is 5.59. The summed E-state index contributed by atoms with van der Waals surface area (Å²) in [6, 6.07) is 0. The van der Waals surface area contributed by atoms with Crippen molar-refractivity contribution in [2.24, 2.45) is 0 Å². The summed E-state index contributed by atoms with van der Waals surface area (Å²) in [5.41, 5.74) is 0. The van der Waals surface area contributed by atoms with Crippen molar-refractivity contribution in [2.75, 3.05) is 0 Å². The summed E-state index contributed by atoms with van der Waals surface area (Å²) in [6.45, 7) is 0. The molecular formula is CH5BrMgO. The Morgan fingerprint density at radius 2 is 1.00 bits per heavy atom. The number of rotatable bonds is 0. The van der Waals surface area contributed by atoms with Crippen LogP contribution in [-0.4, -0.2) is 28.5 Å². The van der Waals surface area contributed by atoms with Crippen molar-refractivity contribution in [2.45, 2.75) is 0 Å². The molecular weight excluding hydrogens is 132 g/mol. The van der Waals surface area contributed by atoms with E-state index in [0.717, 1.165) is 0 Å². The van der Waals surface area contributed by atoms with Gasteiger partial charge in [-0.2, -0.15) is 0 Å². The molecule has 0 aromatic rings. The molecule has 0 spiro atoms. The van der Waals surface area contributed by atoms with Gasteiger partial charge in [0.05, 0.1) is 0 Å². The summed E-state index contributed by atoms with van der Waals surface area (Å²) in [5, 5.41) is 0. The van der Waals surface area contributed by atoms with Gasteiger partial charge in [-0.25, -0.2) is 0 Å². The van der Waals surface area contributed by atoms with Crippen molar-refractivity contribution >= 4 is 23.1 Å². The first-order valence-corrected chi connectivity index (χ1v) is 0. The Labute approximate surface area is 53.0 Å². The summed E-state index contributed by atoms with van der Waals surface area (Å²) in [4.78, 5) is 0. The van der Waals surface area contributed by atoms with Gasteiger partial charge in [-0.05, 0) is 0 Å². The molecule has 0 aliphatic heterocycles. The molecule has 3 heteroatoms. The standard InChI is InChI=1S/CH3.BrH.Mg.H2O/h1H3;1H;;1H2/q-1;;+2;/p-1. The molecule has 0 aliphatic rings. The Balaban J connectivity index is 0. The second-order valence-corrected chi connectivity index (χ2v) is 0. The Kier molecular flexibility index (Phi) is 470. The van der Waals surface area contributed by atoms with Gasteiger partial charge >= 0.3 is 23.1 Å². The van der Waals surface area contributed by atoms with Crippen molar-refractivity contribution in [3.05, 3.63) is 7.43 Å². The van der Waals surface area contributed by atoms with Gasteiger partial charge in [0.25, 0.3) is 0 Å². The van der Waals surface area contributed by atoms with E-state index in [1.165, 1.54) is 0 Å². The van der Waals surface area contributed by atoms with Crippen LogP contribution >= 0.6 is 0 Å². The van der Waals surface area contributed by atoms with Crippen LogP contribution in [0.1, 0.15) is 0 Å². The van der Waals surface area contributed by atoms with Gasteiger partial charge in [0.1, 0.15) is 0 Å². The molecule has 0 heterocycles. The van der Waals surface area contributed by atoms with E-state index in [4.69, 9.17) is 0 Å². The number of hydrogen-bond donors (Lipinski definition) is 0. The molecule has 0 aliphatic carbocycles. The Morgan fingerprint density at radius 3 is 1.00 bits per heavy atom. The maximum atomic E-state index is 0. The number of hydrogen-bond acceptors (Lipinski definition) is 0. The first-order chi connectivity index (χ1) is 0. The topological polar surface area (TPSA) is 31.5 Å². The summed E-state index contributed by atoms with van der Waals surface area (Å²) < 4.78 is 0. The van der Waals surface area contributed by atoms with Gasteiger partial charge in [-0.1, -0.05) is 0 Å². The molecule has 0 bridgehead atoms. The molecule has 4 heavy (non-hydrogen) atoms. The third kappa shape index (κ3) is 10.7. The first kappa shape index (κ1) is 63.3. The van der Waals surface area contributed by atoms with Gasteiger partial charge in [0.15, 0.2) is 0 Å². The zero-order valence-electron chi connectivity index (χ0n) is 2.59. The normalized spacial score (nSPS) is 0. The zero-order chi connectivity index (χ0) is 0. The molecule has 0 atom stereocenters. The van der Waals surface area contributed by atoms with Gasteiger partial charge in [0, 0.05) is 0 Å². The van der Waals surface area contributed by atoms with Crippen LogP contribution in [0.3, 0.4) is 0 Å². The van der Waals surface area contributed by atoms with E-state index in [-0.39, 0.29) is 52.9 Å².